The van der Waals surface area contributed by atoms with E-state index in [9.17, 15) is 9.59 Å². The van der Waals surface area contributed by atoms with Gasteiger partial charge in [-0.3, -0.25) is 14.2 Å². The molecule has 0 spiro atoms. The van der Waals surface area contributed by atoms with E-state index >= 15 is 0 Å². The zero-order chi connectivity index (χ0) is 17.1. The summed E-state index contributed by atoms with van der Waals surface area (Å²) >= 11 is 1.38. The van der Waals surface area contributed by atoms with Gasteiger partial charge < -0.3 is 10.1 Å². The minimum absolute atomic E-state index is 0.0404. The summed E-state index contributed by atoms with van der Waals surface area (Å²) in [5.74, 6) is 0.467. The number of aromatic nitrogens is 2. The standard InChI is InChI=1S/C17H19N3O3S/c1-23-12-8-6-11(7-9-12)18-15(21)10-20-16(22)13-4-3-5-14(13)19-17(20)24-2/h6-9H,3-5,10H2,1-2H3,(H,18,21). The number of aryl methyl sites for hydroxylation is 1. The predicted octanol–water partition coefficient (Wildman–Crippen LogP) is 2.10. The molecule has 1 aliphatic rings. The summed E-state index contributed by atoms with van der Waals surface area (Å²) in [5, 5.41) is 3.39. The highest BCUT2D eigenvalue weighted by Gasteiger charge is 2.21. The molecule has 1 aliphatic carbocycles. The van der Waals surface area contributed by atoms with Crippen LogP contribution in [0.5, 0.6) is 5.75 Å². The van der Waals surface area contributed by atoms with Gasteiger partial charge >= 0.3 is 0 Å². The van der Waals surface area contributed by atoms with E-state index in [1.54, 1.807) is 31.4 Å². The Balaban J connectivity index is 1.80. The number of rotatable bonds is 5. The van der Waals surface area contributed by atoms with Gasteiger partial charge in [-0.1, -0.05) is 11.8 Å². The molecule has 126 valence electrons. The van der Waals surface area contributed by atoms with Gasteiger partial charge in [-0.05, 0) is 49.8 Å². The second-order valence-electron chi connectivity index (χ2n) is 5.55. The average molecular weight is 345 g/mol. The lowest BCUT2D eigenvalue weighted by Crippen LogP contribution is -2.31. The number of benzene rings is 1. The molecule has 7 heteroatoms. The Morgan fingerprint density at radius 2 is 2.08 bits per heavy atom. The van der Waals surface area contributed by atoms with Gasteiger partial charge in [0, 0.05) is 11.3 Å². The minimum Gasteiger partial charge on any atom is -0.497 e. The van der Waals surface area contributed by atoms with Crippen LogP contribution in [-0.2, 0) is 24.2 Å². The van der Waals surface area contributed by atoms with Crippen LogP contribution in [0.4, 0.5) is 5.69 Å². The van der Waals surface area contributed by atoms with Crippen LogP contribution in [0.3, 0.4) is 0 Å². The van der Waals surface area contributed by atoms with Crippen LogP contribution >= 0.6 is 11.8 Å². The number of hydrogen-bond acceptors (Lipinski definition) is 5. The fraction of sp³-hybridized carbons (Fsp3) is 0.353. The maximum atomic E-state index is 12.6. The molecule has 0 radical (unpaired) electrons. The van der Waals surface area contributed by atoms with Crippen LogP contribution in [0.1, 0.15) is 17.7 Å². The summed E-state index contributed by atoms with van der Waals surface area (Å²) in [6.45, 7) is -0.0404. The third-order valence-corrected chi connectivity index (χ3v) is 4.69. The number of amides is 1. The first-order chi connectivity index (χ1) is 11.6. The van der Waals surface area contributed by atoms with E-state index in [-0.39, 0.29) is 18.0 Å². The first kappa shape index (κ1) is 16.6. The van der Waals surface area contributed by atoms with Gasteiger partial charge in [0.05, 0.1) is 12.8 Å². The molecule has 0 fully saturated rings. The molecule has 0 saturated carbocycles. The average Bonchev–Trinajstić information content (AvgIpc) is 3.06. The number of nitrogens with zero attached hydrogens (tertiary/aromatic N) is 2. The van der Waals surface area contributed by atoms with Crippen LogP contribution in [0.15, 0.2) is 34.2 Å². The molecular weight excluding hydrogens is 326 g/mol. The zero-order valence-corrected chi connectivity index (χ0v) is 14.5. The Kier molecular flexibility index (Phi) is 4.89. The monoisotopic (exact) mass is 345 g/mol. The van der Waals surface area contributed by atoms with Gasteiger partial charge in [0.25, 0.3) is 5.56 Å². The molecule has 1 amide bonds. The summed E-state index contributed by atoms with van der Waals surface area (Å²) < 4.78 is 6.56. The fourth-order valence-corrected chi connectivity index (χ4v) is 3.39. The zero-order valence-electron chi connectivity index (χ0n) is 13.7. The largest absolute Gasteiger partial charge is 0.497 e. The number of anilines is 1. The molecule has 24 heavy (non-hydrogen) atoms. The van der Waals surface area contributed by atoms with Crippen LogP contribution in [-0.4, -0.2) is 28.8 Å². The van der Waals surface area contributed by atoms with Crippen molar-refractivity contribution in [2.45, 2.75) is 31.0 Å². The molecule has 3 rings (SSSR count). The summed E-state index contributed by atoms with van der Waals surface area (Å²) in [4.78, 5) is 29.5. The molecule has 0 atom stereocenters. The lowest BCUT2D eigenvalue weighted by molar-refractivity contribution is -0.116. The van der Waals surface area contributed by atoms with Crippen molar-refractivity contribution in [1.29, 1.82) is 0 Å². The molecule has 1 aromatic carbocycles. The van der Waals surface area contributed by atoms with Crippen LogP contribution < -0.4 is 15.6 Å². The maximum Gasteiger partial charge on any atom is 0.258 e. The lowest BCUT2D eigenvalue weighted by atomic mass is 10.2. The van der Waals surface area contributed by atoms with Crippen molar-refractivity contribution >= 4 is 23.4 Å². The number of fused-ring (bicyclic) bond motifs is 1. The van der Waals surface area contributed by atoms with Crippen molar-refractivity contribution in [1.82, 2.24) is 9.55 Å². The maximum absolute atomic E-state index is 12.6. The first-order valence-electron chi connectivity index (χ1n) is 7.73. The molecule has 0 unspecified atom stereocenters. The van der Waals surface area contributed by atoms with Gasteiger partial charge in [-0.2, -0.15) is 0 Å². The second-order valence-corrected chi connectivity index (χ2v) is 6.32. The number of ether oxygens (including phenoxy) is 1. The Bertz CT molecular complexity index is 815. The SMILES string of the molecule is COc1ccc(NC(=O)Cn2c(SC)nc3c(c2=O)CCC3)cc1. The van der Waals surface area contributed by atoms with Crippen LogP contribution in [0.25, 0.3) is 0 Å². The number of methoxy groups -OCH3 is 1. The molecule has 0 saturated heterocycles. The first-order valence-corrected chi connectivity index (χ1v) is 8.95. The highest BCUT2D eigenvalue weighted by molar-refractivity contribution is 7.98. The van der Waals surface area contributed by atoms with Crippen molar-refractivity contribution in [2.24, 2.45) is 0 Å². The number of carbonyl (C=O) groups excluding carboxylic acids is 1. The normalized spacial score (nSPS) is 12.8. The third-order valence-electron chi connectivity index (χ3n) is 4.01. The Morgan fingerprint density at radius 1 is 1.33 bits per heavy atom. The molecule has 1 N–H and O–H groups in total. The van der Waals surface area contributed by atoms with Gasteiger partial charge in [0.1, 0.15) is 12.3 Å². The van der Waals surface area contributed by atoms with Crippen molar-refractivity contribution in [3.05, 3.63) is 45.9 Å². The number of nitrogens with one attached hydrogen (secondary N) is 1. The van der Waals surface area contributed by atoms with E-state index in [4.69, 9.17) is 4.74 Å². The molecule has 2 aromatic rings. The minimum atomic E-state index is -0.252. The third kappa shape index (κ3) is 3.31. The summed E-state index contributed by atoms with van der Waals surface area (Å²) in [6, 6.07) is 7.06. The van der Waals surface area contributed by atoms with E-state index < -0.39 is 0 Å². The highest BCUT2D eigenvalue weighted by Crippen LogP contribution is 2.20. The Hall–Kier alpha value is -2.28. The summed E-state index contributed by atoms with van der Waals surface area (Å²) in [7, 11) is 1.59. The smallest absolute Gasteiger partial charge is 0.258 e. The van der Waals surface area contributed by atoms with Gasteiger partial charge in [0.2, 0.25) is 5.91 Å². The van der Waals surface area contributed by atoms with E-state index in [2.05, 4.69) is 10.3 Å². The van der Waals surface area contributed by atoms with E-state index in [1.807, 2.05) is 6.26 Å². The molecule has 1 aromatic heterocycles. The number of hydrogen-bond donors (Lipinski definition) is 1. The van der Waals surface area contributed by atoms with Crippen molar-refractivity contribution in [2.75, 3.05) is 18.7 Å². The van der Waals surface area contributed by atoms with Crippen LogP contribution in [0, 0.1) is 0 Å². The Labute approximate surface area is 144 Å². The quantitative estimate of drug-likeness (QED) is 0.664. The Morgan fingerprint density at radius 3 is 2.75 bits per heavy atom. The van der Waals surface area contributed by atoms with Crippen LogP contribution in [0.2, 0.25) is 0 Å². The summed E-state index contributed by atoms with van der Waals surface area (Å²) in [6.07, 6.45) is 4.40. The molecule has 1 heterocycles. The molecule has 0 aliphatic heterocycles. The summed E-state index contributed by atoms with van der Waals surface area (Å²) in [5.41, 5.74) is 2.21. The lowest BCUT2D eigenvalue weighted by Gasteiger charge is -2.13. The van der Waals surface area contributed by atoms with Gasteiger partial charge in [0.15, 0.2) is 5.16 Å². The van der Waals surface area contributed by atoms with Crippen molar-refractivity contribution < 1.29 is 9.53 Å². The highest BCUT2D eigenvalue weighted by atomic mass is 32.2. The molecule has 6 nitrogen and oxygen atoms in total. The molecule has 0 bridgehead atoms. The van der Waals surface area contributed by atoms with E-state index in [1.165, 1.54) is 16.3 Å². The van der Waals surface area contributed by atoms with E-state index in [0.29, 0.717) is 10.8 Å². The topological polar surface area (TPSA) is 73.2 Å². The fourth-order valence-electron chi connectivity index (χ4n) is 2.82. The van der Waals surface area contributed by atoms with E-state index in [0.717, 1.165) is 36.3 Å². The molecular formula is C17H19N3O3S. The van der Waals surface area contributed by atoms with Gasteiger partial charge in [-0.25, -0.2) is 4.98 Å². The number of carbonyl (C=O) groups is 1. The second kappa shape index (κ2) is 7.09. The van der Waals surface area contributed by atoms with Crippen molar-refractivity contribution in [3.8, 4) is 5.75 Å². The number of thioether (sulfide) groups is 1. The van der Waals surface area contributed by atoms with Gasteiger partial charge in [-0.15, -0.1) is 0 Å². The van der Waals surface area contributed by atoms with Crippen molar-refractivity contribution in [3.63, 3.8) is 0 Å². The predicted molar refractivity (Wildman–Crippen MR) is 93.9 cm³/mol.